The summed E-state index contributed by atoms with van der Waals surface area (Å²) in [5.74, 6) is 5.51. The first-order chi connectivity index (χ1) is 61.5. The molecule has 11 aliphatic rings. The molecule has 36 nitrogen and oxygen atoms in total. The van der Waals surface area contributed by atoms with E-state index in [9.17, 15) is 84.9 Å². The Labute approximate surface area is 788 Å². The predicted octanol–water partition coefficient (Wildman–Crippen LogP) is 1.20. The summed E-state index contributed by atoms with van der Waals surface area (Å²) in [6.07, 6.45) is 29.5. The molecule has 0 aromatic carbocycles. The summed E-state index contributed by atoms with van der Waals surface area (Å²) in [6, 6.07) is 1.22. The molecular formula is C90H146N12O24P6S. The van der Waals surface area contributed by atoms with Crippen molar-refractivity contribution in [2.24, 2.45) is 13.0 Å². The molecule has 0 bridgehead atoms. The molecule has 17 N–H and O–H groups in total. The Bertz CT molecular complexity index is 5110. The van der Waals surface area contributed by atoms with Crippen LogP contribution in [0.5, 0.6) is 0 Å². The van der Waals surface area contributed by atoms with E-state index in [4.69, 9.17) is 45.4 Å². The van der Waals surface area contributed by atoms with Crippen LogP contribution in [0.15, 0.2) is 144 Å². The van der Waals surface area contributed by atoms with E-state index in [0.29, 0.717) is 53.7 Å². The molecule has 12 rings (SSSR count). The molecular weight excluding hydrogens is 1850 g/mol. The van der Waals surface area contributed by atoms with Crippen molar-refractivity contribution in [3.05, 3.63) is 155 Å². The summed E-state index contributed by atoms with van der Waals surface area (Å²) in [6.45, 7) is 40.5. The SMILES string of the molecule is C=C1NC(=O)C(C#CC)=CN1C1O[C@H](CCP(=C)(C)C)[C@@H](O)[C@H]1O.C=C1NC(=O)C(CO)=CN1C1O[C@H](CCP(=C)(C)C)[C@@H](O)[C@H]1O.C=C1NC(=O)C=CN1C1O[C@H](CCP(=C)(C)C)[C@@H](O)[C@H]1C.C=C1NC(=O)C=CN1C1O[C@H](CCP(=C)(C)C)[C@@H](O)[C@H]1OC.C=C1NC(=S)NC=C1C1O[C@H](CCP(=C)(C)C)[C@@H](O)[C@H]1O.C=P(C)(C)CC[C@H]1OC(n2ccc(=O)n(C)c2=O)[C@H](O)[C@@H]1O. The lowest BCUT2D eigenvalue weighted by Gasteiger charge is -2.34. The fraction of sp³-hybridized carbons (Fsp3) is 0.589. The van der Waals surface area contributed by atoms with Gasteiger partial charge in [0.2, 0.25) is 0 Å². The van der Waals surface area contributed by atoms with Crippen molar-refractivity contribution in [1.29, 1.82) is 0 Å². The molecule has 1 aromatic rings. The van der Waals surface area contributed by atoms with Gasteiger partial charge in [0.1, 0.15) is 102 Å². The maximum Gasteiger partial charge on any atom is 0.332 e. The van der Waals surface area contributed by atoms with Gasteiger partial charge in [-0.25, -0.2) is 4.79 Å². The number of thiocarbonyl (C=S) groups is 1. The number of aliphatic hydroxyl groups excluding tert-OH is 11. The van der Waals surface area contributed by atoms with Crippen LogP contribution in [0.2, 0.25) is 0 Å². The number of nitrogens with one attached hydrogen (secondary N) is 6. The van der Waals surface area contributed by atoms with E-state index in [1.165, 1.54) is 53.7 Å². The second-order valence-corrected chi connectivity index (χ2v) is 65.1. The van der Waals surface area contributed by atoms with Crippen molar-refractivity contribution in [3.8, 4) is 11.8 Å². The zero-order valence-corrected chi connectivity index (χ0v) is 85.7. The minimum absolute atomic E-state index is 0.0577. The van der Waals surface area contributed by atoms with Crippen LogP contribution in [0.4, 0.5) is 0 Å². The highest BCUT2D eigenvalue weighted by molar-refractivity contribution is 7.80. The molecule has 0 spiro atoms. The van der Waals surface area contributed by atoms with Gasteiger partial charge in [-0.3, -0.25) is 33.1 Å². The van der Waals surface area contributed by atoms with E-state index >= 15 is 0 Å². The Hall–Kier alpha value is -6.51. The van der Waals surface area contributed by atoms with E-state index in [1.807, 2.05) is 6.92 Å². The second kappa shape index (κ2) is 47.9. The van der Waals surface area contributed by atoms with Crippen molar-refractivity contribution < 1.29 is 109 Å². The highest BCUT2D eigenvalue weighted by Gasteiger charge is 2.52. The van der Waals surface area contributed by atoms with Crippen LogP contribution in [0, 0.1) is 17.8 Å². The third-order valence-electron chi connectivity index (χ3n) is 23.2. The highest BCUT2D eigenvalue weighted by Crippen LogP contribution is 2.46. The Morgan fingerprint density at radius 2 is 0.820 bits per heavy atom. The topological polar surface area (TPSA) is 485 Å². The summed E-state index contributed by atoms with van der Waals surface area (Å²) < 4.78 is 42.7. The summed E-state index contributed by atoms with van der Waals surface area (Å²) in [4.78, 5) is 76.0. The van der Waals surface area contributed by atoms with Crippen LogP contribution in [0.3, 0.4) is 0 Å². The number of aliphatic hydroxyl groups is 11. The minimum Gasteiger partial charge on any atom is -0.391 e. The van der Waals surface area contributed by atoms with Crippen molar-refractivity contribution >= 4 is 120 Å². The molecule has 12 heterocycles. The van der Waals surface area contributed by atoms with Crippen LogP contribution in [-0.2, 0) is 59.4 Å². The van der Waals surface area contributed by atoms with Crippen molar-refractivity contribution in [2.45, 2.75) is 193 Å². The lowest BCUT2D eigenvalue weighted by Crippen LogP contribution is -2.48. The maximum absolute atomic E-state index is 12.1. The predicted molar refractivity (Wildman–Crippen MR) is 543 cm³/mol. The molecule has 1 aromatic heterocycles. The average Bonchev–Trinajstić information content (AvgIpc) is 1.66. The molecule has 0 saturated carbocycles. The third-order valence-corrected chi connectivity index (χ3v) is 32.3. The smallest absolute Gasteiger partial charge is 0.332 e. The number of carbonyl (C=O) groups excluding carboxylic acids is 4. The Morgan fingerprint density at radius 3 is 1.23 bits per heavy atom. The number of carbonyl (C=O) groups is 4. The number of hydrogen-bond acceptors (Lipinski definition) is 29. The molecule has 4 amide bonds. The fourth-order valence-electron chi connectivity index (χ4n) is 15.5. The Kier molecular flexibility index (Phi) is 40.9. The lowest BCUT2D eigenvalue weighted by molar-refractivity contribution is -0.120. The molecule has 24 atom stereocenters. The average molecular weight is 2000 g/mol. The molecule has 6 saturated heterocycles. The third kappa shape index (κ3) is 32.0. The van der Waals surface area contributed by atoms with Gasteiger partial charge in [-0.2, -0.15) is 0 Å². The van der Waals surface area contributed by atoms with E-state index in [0.717, 1.165) is 58.9 Å². The number of methoxy groups -OCH3 is 1. The van der Waals surface area contributed by atoms with Gasteiger partial charge in [0, 0.05) is 86.8 Å². The highest BCUT2D eigenvalue weighted by atomic mass is 32.1. The van der Waals surface area contributed by atoms with Gasteiger partial charge < -0.3 is 141 Å². The van der Waals surface area contributed by atoms with Gasteiger partial charge >= 0.3 is 5.69 Å². The first-order valence-electron chi connectivity index (χ1n) is 43.5. The zero-order chi connectivity index (χ0) is 100. The summed E-state index contributed by atoms with van der Waals surface area (Å²) in [7, 11) is 2.89. The van der Waals surface area contributed by atoms with Gasteiger partial charge in [-0.1, -0.05) is 45.7 Å². The van der Waals surface area contributed by atoms with Crippen LogP contribution in [-0.4, -0.2) is 417 Å². The number of amides is 4. The number of aromatic nitrogens is 2. The Balaban J connectivity index is 0.000000218. The van der Waals surface area contributed by atoms with Gasteiger partial charge in [-0.15, -0.1) is 85.0 Å². The van der Waals surface area contributed by atoms with Gasteiger partial charge in [0.15, 0.2) is 30.0 Å². The molecule has 0 radical (unpaired) electrons. The van der Waals surface area contributed by atoms with Gasteiger partial charge in [-0.05, 0) is 175 Å². The Morgan fingerprint density at radius 1 is 0.459 bits per heavy atom. The number of rotatable bonds is 26. The molecule has 11 aliphatic heterocycles. The standard InChI is InChI=1S/C17H25N2O4P.C15H25N2O5P.C15H25N2O4P.C15H25N2O3P.C14H23N2O5P.C14H23N2O3PS/c1-6-7-12-10-19(11(2)18-16(12)22)17-15(21)14(20)13(23-17)8-9-24(3,4)5;1-9-16-14(21)10(8-18)7-17(9)15-13(20)12(19)11(22-15)5-6-23(2,3)4;1-10-16-12(18)6-8-17(10)15-14(20-2)13(19)11(21-15)7-9-22(3,4)5;1-10-14(19)12(7-9-21(3,4)5)20-15(10)17-8-6-13(18)16-11(17)2;1-15-10(17)5-7-16(14(15)20)13-12(19)11(18)9(21-13)6-8-22(2,3)4;1-8-9(7-15-14(21)16-8)13-12(18)11(17)10(19-13)5-6-20(2,3)4/h10,13-15,17,20-21H,2-3,8-9H2,1,4-5H3,(H,18,22);7,11-13,15,18-20H,1-2,5-6,8H2,3-4H3,(H,16,21);6,8,11,13-15,19H,1,3,7,9H2,2,4-5H3,(H,16,18);6,8,10,12,14-15,19H,2-3,7,9H2,1,4-5H3,(H,16,18);5,7,9,11-13,18-19H,2,6,8H2,1,3-4H3;7,10-13,17-18H,1-2,5-6H2,3-4H3,(H2,15,16,21)/t13-,14-,15-,17?;11-,12-,13-,15?;11-,13-,14-,15?;10-,12-,14+,15?;9-,11-,12-,13?;10-,11-,12-,13?/m111111/s1. The van der Waals surface area contributed by atoms with Crippen molar-refractivity contribution in [2.75, 3.05) is 131 Å². The number of nitrogens with zero attached hydrogens (tertiary/aromatic N) is 6. The minimum atomic E-state index is -1.27. The maximum atomic E-state index is 12.1. The molecule has 43 heteroatoms. The van der Waals surface area contributed by atoms with Crippen molar-refractivity contribution in [3.63, 3.8) is 0 Å². The van der Waals surface area contributed by atoms with E-state index < -0.39 is 182 Å². The molecule has 6 fully saturated rings. The molecule has 133 heavy (non-hydrogen) atoms. The summed E-state index contributed by atoms with van der Waals surface area (Å²) >= 11 is 4.99. The largest absolute Gasteiger partial charge is 0.391 e. The van der Waals surface area contributed by atoms with E-state index in [2.05, 4.69) is 194 Å². The van der Waals surface area contributed by atoms with Crippen molar-refractivity contribution in [1.82, 2.24) is 60.6 Å². The summed E-state index contributed by atoms with van der Waals surface area (Å²) in [5, 5.41) is 129. The van der Waals surface area contributed by atoms with Crippen LogP contribution in [0.1, 0.15) is 58.6 Å². The fourth-order valence-corrected chi connectivity index (χ4v) is 21.4. The molecule has 0 aliphatic carbocycles. The quantitative estimate of drug-likeness (QED) is 0.0352. The van der Waals surface area contributed by atoms with E-state index in [-0.39, 0.29) is 71.0 Å². The molecule has 6 unspecified atom stereocenters. The lowest BCUT2D eigenvalue weighted by atomic mass is 9.99. The number of hydrogen-bond donors (Lipinski definition) is 17. The van der Waals surface area contributed by atoms with Crippen LogP contribution < -0.4 is 43.1 Å². The van der Waals surface area contributed by atoms with Crippen LogP contribution in [0.25, 0.3) is 0 Å². The first kappa shape index (κ1) is 113. The van der Waals surface area contributed by atoms with Gasteiger partial charge in [0.25, 0.3) is 29.2 Å². The number of ether oxygens (including phenoxy) is 7. The van der Waals surface area contributed by atoms with Gasteiger partial charge in [0.05, 0.1) is 54.9 Å². The monoisotopic (exact) mass is 2000 g/mol. The zero-order valence-electron chi connectivity index (χ0n) is 79.5. The van der Waals surface area contributed by atoms with Crippen LogP contribution >= 0.6 is 53.5 Å². The van der Waals surface area contributed by atoms with E-state index in [1.54, 1.807) is 42.4 Å². The summed E-state index contributed by atoms with van der Waals surface area (Å²) in [5.41, 5.74) is 0.630. The second-order valence-electron chi connectivity index (χ2n) is 38.8. The first-order valence-corrected chi connectivity index (χ1v) is 62.2. The normalized spacial score (nSPS) is 31.8. The molecule has 746 valence electrons.